The summed E-state index contributed by atoms with van der Waals surface area (Å²) in [6, 6.07) is 2.81. The smallest absolute Gasteiger partial charge is 0.240 e. The molecule has 0 spiro atoms. The molecule has 1 fully saturated rings. The van der Waals surface area contributed by atoms with Crippen molar-refractivity contribution in [3.63, 3.8) is 0 Å². The van der Waals surface area contributed by atoms with E-state index in [9.17, 15) is 21.2 Å². The Balaban J connectivity index is 0.00000312. The molecule has 144 valence electrons. The van der Waals surface area contributed by atoms with Gasteiger partial charge in [-0.2, -0.15) is 0 Å². The number of halogens is 2. The summed E-state index contributed by atoms with van der Waals surface area (Å²) in [5.74, 6) is -1.15. The van der Waals surface area contributed by atoms with E-state index in [1.54, 1.807) is 0 Å². The van der Waals surface area contributed by atoms with Crippen LogP contribution in [0.4, 0.5) is 10.1 Å². The zero-order chi connectivity index (χ0) is 18.0. The minimum absolute atomic E-state index is 0. The average Bonchev–Trinajstić information content (AvgIpc) is 2.51. The molecule has 3 N–H and O–H groups in total. The van der Waals surface area contributed by atoms with Crippen LogP contribution in [-0.4, -0.2) is 41.2 Å². The van der Waals surface area contributed by atoms with E-state index >= 15 is 0 Å². The number of piperidine rings is 1. The van der Waals surface area contributed by atoms with Gasteiger partial charge in [-0.3, -0.25) is 4.72 Å². The van der Waals surface area contributed by atoms with E-state index in [0.717, 1.165) is 25.1 Å². The van der Waals surface area contributed by atoms with Gasteiger partial charge in [-0.25, -0.2) is 25.9 Å². The first-order valence-electron chi connectivity index (χ1n) is 7.70. The predicted octanol–water partition coefficient (Wildman–Crippen LogP) is 1.43. The fourth-order valence-electron chi connectivity index (χ4n) is 2.46. The Bertz CT molecular complexity index is 802. The fourth-order valence-corrected chi connectivity index (χ4v) is 4.47. The second kappa shape index (κ2) is 8.63. The van der Waals surface area contributed by atoms with Gasteiger partial charge in [0.25, 0.3) is 0 Å². The van der Waals surface area contributed by atoms with E-state index in [1.807, 2.05) is 6.92 Å². The maximum atomic E-state index is 14.1. The lowest BCUT2D eigenvalue weighted by atomic mass is 10.0. The molecule has 0 amide bonds. The number of rotatable bonds is 6. The summed E-state index contributed by atoms with van der Waals surface area (Å²) in [6.07, 6.45) is 1.55. The molecule has 1 saturated heterocycles. The number of sulfonamides is 2. The Hall–Kier alpha value is -0.940. The van der Waals surface area contributed by atoms with Crippen LogP contribution in [0.1, 0.15) is 26.7 Å². The highest BCUT2D eigenvalue weighted by Gasteiger charge is 2.27. The quantitative estimate of drug-likeness (QED) is 0.652. The highest BCUT2D eigenvalue weighted by atomic mass is 35.5. The van der Waals surface area contributed by atoms with Gasteiger partial charge in [-0.05, 0) is 51.4 Å². The minimum atomic E-state index is -3.89. The van der Waals surface area contributed by atoms with Crippen molar-refractivity contribution in [2.75, 3.05) is 17.0 Å². The highest BCUT2D eigenvalue weighted by molar-refractivity contribution is 7.92. The standard InChI is InChI=1S/C14H22FN3O4S2.ClH/c1-3-23(19,20)17-14-7-6-11(9-12(14)15)24(21,22)18-13-5-4-8-16-10(13)2;/h6-7,9-10,13,16-18H,3-5,8H2,1-2H3;1H. The lowest BCUT2D eigenvalue weighted by Gasteiger charge is -2.30. The van der Waals surface area contributed by atoms with Crippen LogP contribution in [-0.2, 0) is 20.0 Å². The zero-order valence-electron chi connectivity index (χ0n) is 14.0. The number of hydrogen-bond acceptors (Lipinski definition) is 5. The molecule has 0 saturated carbocycles. The molecule has 11 heteroatoms. The molecule has 1 aliphatic heterocycles. The average molecular weight is 416 g/mol. The zero-order valence-corrected chi connectivity index (χ0v) is 16.4. The normalized spacial score (nSPS) is 21.4. The molecule has 0 radical (unpaired) electrons. The minimum Gasteiger partial charge on any atom is -0.313 e. The molecule has 1 heterocycles. The van der Waals surface area contributed by atoms with Gasteiger partial charge in [0, 0.05) is 12.1 Å². The number of benzene rings is 1. The van der Waals surface area contributed by atoms with Crippen LogP contribution in [0.3, 0.4) is 0 Å². The first kappa shape index (κ1) is 22.1. The van der Waals surface area contributed by atoms with E-state index in [0.29, 0.717) is 6.42 Å². The third-order valence-corrected chi connectivity index (χ3v) is 6.74. The summed E-state index contributed by atoms with van der Waals surface area (Å²) in [4.78, 5) is -0.239. The van der Waals surface area contributed by atoms with Crippen molar-refractivity contribution < 1.29 is 21.2 Å². The summed E-state index contributed by atoms with van der Waals surface area (Å²) >= 11 is 0. The number of anilines is 1. The van der Waals surface area contributed by atoms with Crippen molar-refractivity contribution in [2.24, 2.45) is 0 Å². The van der Waals surface area contributed by atoms with Crippen molar-refractivity contribution >= 4 is 38.1 Å². The van der Waals surface area contributed by atoms with E-state index < -0.39 is 25.9 Å². The monoisotopic (exact) mass is 415 g/mol. The van der Waals surface area contributed by atoms with Crippen LogP contribution < -0.4 is 14.8 Å². The largest absolute Gasteiger partial charge is 0.313 e. The Morgan fingerprint density at radius 3 is 2.52 bits per heavy atom. The molecule has 1 aliphatic rings. The summed E-state index contributed by atoms with van der Waals surface area (Å²) in [5, 5.41) is 3.18. The maximum Gasteiger partial charge on any atom is 0.240 e. The Morgan fingerprint density at radius 2 is 1.96 bits per heavy atom. The molecule has 2 rings (SSSR count). The number of nitrogens with one attached hydrogen (secondary N) is 3. The summed E-state index contributed by atoms with van der Waals surface area (Å²) in [5.41, 5.74) is -0.275. The maximum absolute atomic E-state index is 14.1. The van der Waals surface area contributed by atoms with E-state index in [-0.39, 0.29) is 40.8 Å². The lowest BCUT2D eigenvalue weighted by Crippen LogP contribution is -2.51. The molecule has 2 unspecified atom stereocenters. The lowest BCUT2D eigenvalue weighted by molar-refractivity contribution is 0.349. The van der Waals surface area contributed by atoms with Gasteiger partial charge in [-0.15, -0.1) is 12.4 Å². The molecule has 0 bridgehead atoms. The van der Waals surface area contributed by atoms with E-state index in [2.05, 4.69) is 14.8 Å². The second-order valence-electron chi connectivity index (χ2n) is 5.76. The SMILES string of the molecule is CCS(=O)(=O)Nc1ccc(S(=O)(=O)NC2CCCNC2C)cc1F.Cl. The molecule has 2 atom stereocenters. The van der Waals surface area contributed by atoms with Gasteiger partial charge >= 0.3 is 0 Å². The van der Waals surface area contributed by atoms with Crippen LogP contribution in [0.25, 0.3) is 0 Å². The van der Waals surface area contributed by atoms with Crippen molar-refractivity contribution in [2.45, 2.75) is 43.7 Å². The third-order valence-electron chi connectivity index (χ3n) is 3.96. The molecule has 0 aliphatic carbocycles. The topological polar surface area (TPSA) is 104 Å². The first-order valence-corrected chi connectivity index (χ1v) is 10.8. The summed E-state index contributed by atoms with van der Waals surface area (Å²) < 4.78 is 66.5. The molecule has 25 heavy (non-hydrogen) atoms. The fraction of sp³-hybridized carbons (Fsp3) is 0.571. The summed E-state index contributed by atoms with van der Waals surface area (Å²) in [7, 11) is -7.53. The Labute approximate surface area is 154 Å². The third kappa shape index (κ3) is 5.78. The first-order chi connectivity index (χ1) is 11.1. The molecule has 0 aromatic heterocycles. The van der Waals surface area contributed by atoms with E-state index in [1.165, 1.54) is 13.0 Å². The van der Waals surface area contributed by atoms with Gasteiger partial charge in [0.15, 0.2) is 0 Å². The Kier molecular flexibility index (Phi) is 7.63. The molecule has 7 nitrogen and oxygen atoms in total. The van der Waals surface area contributed by atoms with Crippen molar-refractivity contribution in [1.82, 2.24) is 10.0 Å². The molecule has 1 aromatic rings. The summed E-state index contributed by atoms with van der Waals surface area (Å²) in [6.45, 7) is 4.14. The van der Waals surface area contributed by atoms with Gasteiger partial charge < -0.3 is 5.32 Å². The van der Waals surface area contributed by atoms with Crippen molar-refractivity contribution in [1.29, 1.82) is 0 Å². The second-order valence-corrected chi connectivity index (χ2v) is 9.48. The van der Waals surface area contributed by atoms with Crippen molar-refractivity contribution in [3.8, 4) is 0 Å². The van der Waals surface area contributed by atoms with Crippen LogP contribution in [0.5, 0.6) is 0 Å². The molecular formula is C14H23ClFN3O4S2. The highest BCUT2D eigenvalue weighted by Crippen LogP contribution is 2.21. The van der Waals surface area contributed by atoms with Crippen molar-refractivity contribution in [3.05, 3.63) is 24.0 Å². The van der Waals surface area contributed by atoms with Crippen LogP contribution >= 0.6 is 12.4 Å². The van der Waals surface area contributed by atoms with Crippen LogP contribution in [0.2, 0.25) is 0 Å². The molecular weight excluding hydrogens is 393 g/mol. The molecule has 1 aromatic carbocycles. The van der Waals surface area contributed by atoms with E-state index in [4.69, 9.17) is 0 Å². The predicted molar refractivity (Wildman–Crippen MR) is 97.5 cm³/mol. The van der Waals surface area contributed by atoms with Gasteiger partial charge in [0.2, 0.25) is 20.0 Å². The number of hydrogen-bond donors (Lipinski definition) is 3. The Morgan fingerprint density at radius 1 is 1.28 bits per heavy atom. The van der Waals surface area contributed by atoms with Gasteiger partial charge in [0.1, 0.15) is 5.82 Å². The van der Waals surface area contributed by atoms with Gasteiger partial charge in [-0.1, -0.05) is 0 Å². The van der Waals surface area contributed by atoms with Gasteiger partial charge in [0.05, 0.1) is 16.3 Å². The van der Waals surface area contributed by atoms with Crippen LogP contribution in [0, 0.1) is 5.82 Å². The van der Waals surface area contributed by atoms with Crippen LogP contribution in [0.15, 0.2) is 23.1 Å².